The van der Waals surface area contributed by atoms with Crippen molar-refractivity contribution in [3.05, 3.63) is 30.2 Å². The zero-order chi connectivity index (χ0) is 8.39. The van der Waals surface area contributed by atoms with Crippen molar-refractivity contribution in [2.75, 3.05) is 0 Å². The number of carbonyl (C=O) groups excluding carboxylic acids is 1. The molecule has 2 heterocycles. The molecule has 12 heavy (non-hydrogen) atoms. The van der Waals surface area contributed by atoms with Crippen LogP contribution in [-0.2, 0) is 4.74 Å². The number of rotatable bonds is 1. The second-order valence-corrected chi connectivity index (χ2v) is 2.27. The summed E-state index contributed by atoms with van der Waals surface area (Å²) in [6.07, 6.45) is 8.75. The molecule has 0 saturated carbocycles. The molecule has 0 radical (unpaired) electrons. The van der Waals surface area contributed by atoms with E-state index in [0.717, 1.165) is 0 Å². The molecule has 1 aliphatic rings. The van der Waals surface area contributed by atoms with Gasteiger partial charge in [-0.1, -0.05) is 0 Å². The predicted molar refractivity (Wildman–Crippen MR) is 43.1 cm³/mol. The van der Waals surface area contributed by atoms with Crippen LogP contribution in [0.3, 0.4) is 0 Å². The zero-order valence-electron chi connectivity index (χ0n) is 6.18. The Labute approximate surface area is 68.8 Å². The lowest BCUT2D eigenvalue weighted by Gasteiger charge is -1.89. The highest BCUT2D eigenvalue weighted by Gasteiger charge is 2.03. The summed E-state index contributed by atoms with van der Waals surface area (Å²) in [4.78, 5) is 14.4. The summed E-state index contributed by atoms with van der Waals surface area (Å²) >= 11 is 0. The average Bonchev–Trinajstić information content (AvgIpc) is 2.37. The van der Waals surface area contributed by atoms with Gasteiger partial charge >= 0.3 is 0 Å². The monoisotopic (exact) mass is 162 g/mol. The van der Waals surface area contributed by atoms with Crippen LogP contribution in [0.2, 0.25) is 0 Å². The molecule has 0 fully saturated rings. The van der Waals surface area contributed by atoms with Gasteiger partial charge in [0.25, 0.3) is 0 Å². The Morgan fingerprint density at radius 3 is 3.25 bits per heavy atom. The first kappa shape index (κ1) is 6.84. The van der Waals surface area contributed by atoms with Gasteiger partial charge in [-0.15, -0.1) is 0 Å². The zero-order valence-corrected chi connectivity index (χ0v) is 6.18. The van der Waals surface area contributed by atoms with Crippen molar-refractivity contribution >= 4 is 18.6 Å². The smallest absolute Gasteiger partial charge is 0.170 e. The topological polar surface area (TPSA) is 44.1 Å². The number of ether oxygens (including phenoxy) is 1. The van der Waals surface area contributed by atoms with Crippen LogP contribution in [-0.4, -0.2) is 15.8 Å². The molecule has 4 nitrogen and oxygen atoms in total. The van der Waals surface area contributed by atoms with Gasteiger partial charge in [-0.2, -0.15) is 0 Å². The quantitative estimate of drug-likeness (QED) is 0.581. The van der Waals surface area contributed by atoms with E-state index in [1.807, 2.05) is 0 Å². The minimum Gasteiger partial charge on any atom is -0.471 e. The lowest BCUT2D eigenvalue weighted by atomic mass is 10.5. The van der Waals surface area contributed by atoms with E-state index in [0.29, 0.717) is 17.8 Å². The molecule has 0 unspecified atom stereocenters. The fraction of sp³-hybridized carbons (Fsp3) is 0. The third-order valence-electron chi connectivity index (χ3n) is 1.50. The molecule has 1 aliphatic heterocycles. The van der Waals surface area contributed by atoms with Crippen LogP contribution in [0.1, 0.15) is 16.3 Å². The predicted octanol–water partition coefficient (Wildman–Crippen LogP) is 1.12. The molecule has 0 aromatic carbocycles. The molecule has 0 spiro atoms. The van der Waals surface area contributed by atoms with Crippen LogP contribution in [0.5, 0.6) is 0 Å². The summed E-state index contributed by atoms with van der Waals surface area (Å²) in [6.45, 7) is 0. The Hall–Kier alpha value is -1.84. The lowest BCUT2D eigenvalue weighted by Crippen LogP contribution is -1.85. The third-order valence-corrected chi connectivity index (χ3v) is 1.50. The number of hydrogen-bond donors (Lipinski definition) is 0. The molecule has 60 valence electrons. The molecule has 2 rings (SSSR count). The summed E-state index contributed by atoms with van der Waals surface area (Å²) in [5.74, 6) is 0.686. The van der Waals surface area contributed by atoms with Crippen LogP contribution in [0.25, 0.3) is 12.3 Å². The Morgan fingerprint density at radius 1 is 1.50 bits per heavy atom. The van der Waals surface area contributed by atoms with Gasteiger partial charge in [0, 0.05) is 18.5 Å². The molecular formula is C8H6N2O2. The van der Waals surface area contributed by atoms with E-state index in [4.69, 9.17) is 4.74 Å². The first-order chi connectivity index (χ1) is 5.90. The summed E-state index contributed by atoms with van der Waals surface area (Å²) in [6, 6.07) is 0. The highest BCUT2D eigenvalue weighted by molar-refractivity contribution is 5.72. The number of carbonyl (C=O) groups is 1. The minimum atomic E-state index is 0.418. The van der Waals surface area contributed by atoms with Crippen molar-refractivity contribution in [3.8, 4) is 0 Å². The average molecular weight is 162 g/mol. The van der Waals surface area contributed by atoms with Gasteiger partial charge in [0.1, 0.15) is 17.8 Å². The van der Waals surface area contributed by atoms with Gasteiger partial charge in [0.2, 0.25) is 0 Å². The number of hydrogen-bond acceptors (Lipinski definition) is 3. The Balaban J connectivity index is 2.53. The van der Waals surface area contributed by atoms with E-state index in [1.165, 1.54) is 12.5 Å². The summed E-state index contributed by atoms with van der Waals surface area (Å²) in [5.41, 5.74) is 0.418. The normalized spacial score (nSPS) is 13.3. The van der Waals surface area contributed by atoms with E-state index in [-0.39, 0.29) is 0 Å². The summed E-state index contributed by atoms with van der Waals surface area (Å²) in [7, 11) is 0. The fourth-order valence-corrected chi connectivity index (χ4v) is 0.973. The fourth-order valence-electron chi connectivity index (χ4n) is 0.973. The molecule has 0 saturated heterocycles. The van der Waals surface area contributed by atoms with Crippen LogP contribution >= 0.6 is 0 Å². The highest BCUT2D eigenvalue weighted by atomic mass is 16.5. The Bertz CT molecular complexity index is 334. The highest BCUT2D eigenvalue weighted by Crippen LogP contribution is 2.07. The van der Waals surface area contributed by atoms with Crippen LogP contribution in [0.15, 0.2) is 18.7 Å². The van der Waals surface area contributed by atoms with Crippen molar-refractivity contribution in [2.24, 2.45) is 0 Å². The number of nitrogens with zero attached hydrogens (tertiary/aromatic N) is 2. The van der Waals surface area contributed by atoms with E-state index >= 15 is 0 Å². The molecule has 1 aromatic heterocycles. The van der Waals surface area contributed by atoms with Crippen LogP contribution in [0, 0.1) is 0 Å². The Kier molecular flexibility index (Phi) is 1.51. The van der Waals surface area contributed by atoms with E-state index in [2.05, 4.69) is 4.98 Å². The molecule has 0 atom stereocenters. The summed E-state index contributed by atoms with van der Waals surface area (Å²) < 4.78 is 6.61. The standard InChI is InChI=1S/C8H6N2O2/c11-6-7-5-10-2-4-12-3-1-8(10)9-7/h1-6H. The molecule has 4 heteroatoms. The third kappa shape index (κ3) is 1.03. The van der Waals surface area contributed by atoms with Gasteiger partial charge in [0.05, 0.1) is 6.26 Å². The van der Waals surface area contributed by atoms with Crippen molar-refractivity contribution in [1.29, 1.82) is 0 Å². The second-order valence-electron chi connectivity index (χ2n) is 2.27. The van der Waals surface area contributed by atoms with Crippen LogP contribution < -0.4 is 0 Å². The first-order valence-electron chi connectivity index (χ1n) is 3.43. The first-order valence-corrected chi connectivity index (χ1v) is 3.43. The number of imidazole rings is 1. The summed E-state index contributed by atoms with van der Waals surface area (Å²) in [5, 5.41) is 0. The molecule has 1 aromatic rings. The number of aldehydes is 1. The molecule has 0 bridgehead atoms. The Morgan fingerprint density at radius 2 is 2.42 bits per heavy atom. The number of fused-ring (bicyclic) bond motifs is 1. The van der Waals surface area contributed by atoms with E-state index in [1.54, 1.807) is 23.0 Å². The number of aromatic nitrogens is 2. The molecule has 0 aliphatic carbocycles. The van der Waals surface area contributed by atoms with Crippen molar-refractivity contribution < 1.29 is 9.53 Å². The van der Waals surface area contributed by atoms with Crippen molar-refractivity contribution in [1.82, 2.24) is 9.55 Å². The maximum absolute atomic E-state index is 10.4. The van der Waals surface area contributed by atoms with Gasteiger partial charge < -0.3 is 9.30 Å². The minimum absolute atomic E-state index is 0.418. The van der Waals surface area contributed by atoms with Gasteiger partial charge in [-0.3, -0.25) is 4.79 Å². The van der Waals surface area contributed by atoms with E-state index in [9.17, 15) is 4.79 Å². The van der Waals surface area contributed by atoms with Crippen LogP contribution in [0.4, 0.5) is 0 Å². The maximum atomic E-state index is 10.4. The molecule has 0 amide bonds. The molecular weight excluding hydrogens is 156 g/mol. The van der Waals surface area contributed by atoms with E-state index < -0.39 is 0 Å². The second kappa shape index (κ2) is 2.65. The largest absolute Gasteiger partial charge is 0.471 e. The van der Waals surface area contributed by atoms with Crippen molar-refractivity contribution in [2.45, 2.75) is 0 Å². The van der Waals surface area contributed by atoms with Gasteiger partial charge in [-0.25, -0.2) is 4.98 Å². The van der Waals surface area contributed by atoms with Gasteiger partial charge in [-0.05, 0) is 0 Å². The maximum Gasteiger partial charge on any atom is 0.170 e. The van der Waals surface area contributed by atoms with Crippen molar-refractivity contribution in [3.63, 3.8) is 0 Å². The lowest BCUT2D eigenvalue weighted by molar-refractivity contribution is 0.111. The molecule has 0 N–H and O–H groups in total. The van der Waals surface area contributed by atoms with Gasteiger partial charge in [0.15, 0.2) is 6.29 Å². The SMILES string of the molecule is O=Cc1cn2c(n1)C=COC=C2.